The Balaban J connectivity index is 3.23. The molecule has 0 unspecified atom stereocenters. The second-order valence-corrected chi connectivity index (χ2v) is 6.19. The fraction of sp³-hybridized carbons (Fsp3) is 0.273. The fourth-order valence-electron chi connectivity index (χ4n) is 1.41. The van der Waals surface area contributed by atoms with Gasteiger partial charge in [0.1, 0.15) is 5.75 Å². The largest absolute Gasteiger partial charge is 0.506 e. The maximum absolute atomic E-state index is 9.80. The molecule has 5 heteroatoms. The van der Waals surface area contributed by atoms with E-state index in [0.717, 1.165) is 15.6 Å². The average molecular weight is 414 g/mol. The number of phenolic OH excluding ortho intramolecular Hbond substituents is 1. The highest BCUT2D eigenvalue weighted by Crippen LogP contribution is 2.42. The Morgan fingerprint density at radius 2 is 2.00 bits per heavy atom. The molecule has 0 aromatic heterocycles. The average Bonchev–Trinajstić information content (AvgIpc) is 2.13. The number of aromatic hydroxyl groups is 1. The summed E-state index contributed by atoms with van der Waals surface area (Å²) in [5, 5.41) is 9.80. The van der Waals surface area contributed by atoms with Crippen molar-refractivity contribution >= 4 is 47.8 Å². The molecule has 0 saturated carbocycles. The van der Waals surface area contributed by atoms with Gasteiger partial charge in [0.05, 0.1) is 8.95 Å². The van der Waals surface area contributed by atoms with E-state index >= 15 is 0 Å². The molecule has 0 bridgehead atoms. The van der Waals surface area contributed by atoms with Gasteiger partial charge in [-0.2, -0.15) is 0 Å². The van der Waals surface area contributed by atoms with E-state index in [-0.39, 0.29) is 11.8 Å². The summed E-state index contributed by atoms with van der Waals surface area (Å²) in [6, 6.07) is 1.59. The van der Waals surface area contributed by atoms with E-state index < -0.39 is 0 Å². The highest BCUT2D eigenvalue weighted by Gasteiger charge is 2.18. The van der Waals surface area contributed by atoms with Crippen LogP contribution in [0, 0.1) is 0 Å². The molecule has 1 atom stereocenters. The Morgan fingerprint density at radius 1 is 1.44 bits per heavy atom. The Hall–Kier alpha value is 0.160. The monoisotopic (exact) mass is 411 g/mol. The van der Waals surface area contributed by atoms with Crippen molar-refractivity contribution in [2.24, 2.45) is 5.73 Å². The number of nitrogens with two attached hydrogens (primary N) is 1. The molecule has 1 aromatic carbocycles. The predicted octanol–water partition coefficient (Wildman–Crippen LogP) is 4.65. The van der Waals surface area contributed by atoms with Crippen molar-refractivity contribution in [1.29, 1.82) is 0 Å². The van der Waals surface area contributed by atoms with Crippen LogP contribution in [0.2, 0.25) is 0 Å². The topological polar surface area (TPSA) is 46.2 Å². The number of hydrogen-bond acceptors (Lipinski definition) is 2. The molecule has 2 nitrogen and oxygen atoms in total. The second kappa shape index (κ2) is 5.67. The van der Waals surface area contributed by atoms with Crippen molar-refractivity contribution in [2.75, 3.05) is 0 Å². The van der Waals surface area contributed by atoms with Gasteiger partial charge in [-0.05, 0) is 51.3 Å². The van der Waals surface area contributed by atoms with Crippen LogP contribution in [0.3, 0.4) is 0 Å². The highest BCUT2D eigenvalue weighted by molar-refractivity contribution is 9.11. The van der Waals surface area contributed by atoms with Crippen LogP contribution in [0.4, 0.5) is 0 Å². The van der Waals surface area contributed by atoms with Crippen LogP contribution in [0.1, 0.15) is 24.9 Å². The summed E-state index contributed by atoms with van der Waals surface area (Å²) < 4.78 is 2.10. The van der Waals surface area contributed by atoms with Crippen LogP contribution in [0.15, 0.2) is 31.6 Å². The third-order valence-electron chi connectivity index (χ3n) is 2.12. The van der Waals surface area contributed by atoms with Crippen LogP contribution >= 0.6 is 47.8 Å². The second-order valence-electron chi connectivity index (χ2n) is 3.68. The first-order valence-electron chi connectivity index (χ1n) is 4.61. The lowest BCUT2D eigenvalue weighted by Crippen LogP contribution is -2.12. The van der Waals surface area contributed by atoms with Crippen molar-refractivity contribution in [1.82, 2.24) is 0 Å². The molecule has 0 saturated heterocycles. The minimum Gasteiger partial charge on any atom is -0.506 e. The highest BCUT2D eigenvalue weighted by atomic mass is 79.9. The maximum atomic E-state index is 9.80. The van der Waals surface area contributed by atoms with Crippen molar-refractivity contribution in [3.05, 3.63) is 37.2 Å². The van der Waals surface area contributed by atoms with Gasteiger partial charge >= 0.3 is 0 Å². The van der Waals surface area contributed by atoms with E-state index in [9.17, 15) is 5.11 Å². The van der Waals surface area contributed by atoms with Crippen molar-refractivity contribution < 1.29 is 5.11 Å². The lowest BCUT2D eigenvalue weighted by molar-refractivity contribution is 0.466. The van der Waals surface area contributed by atoms with Crippen molar-refractivity contribution in [2.45, 2.75) is 19.4 Å². The number of hydrogen-bond donors (Lipinski definition) is 2. The molecule has 0 aliphatic heterocycles. The molecule has 16 heavy (non-hydrogen) atoms. The number of phenols is 1. The van der Waals surface area contributed by atoms with Gasteiger partial charge in [0.15, 0.2) is 0 Å². The zero-order chi connectivity index (χ0) is 12.5. The molecule has 0 fully saturated rings. The molecule has 0 spiro atoms. The molecule has 0 aliphatic carbocycles. The lowest BCUT2D eigenvalue weighted by Gasteiger charge is -2.17. The zero-order valence-electron chi connectivity index (χ0n) is 8.73. The molecule has 0 heterocycles. The third-order valence-corrected chi connectivity index (χ3v) is 4.18. The normalized spacial score (nSPS) is 12.6. The summed E-state index contributed by atoms with van der Waals surface area (Å²) in [6.07, 6.45) is 0.679. The molecule has 3 N–H and O–H groups in total. The minimum absolute atomic E-state index is 0.162. The summed E-state index contributed by atoms with van der Waals surface area (Å²) >= 11 is 10.1. The smallest absolute Gasteiger partial charge is 0.144 e. The first-order chi connectivity index (χ1) is 7.34. The molecule has 0 aliphatic rings. The summed E-state index contributed by atoms with van der Waals surface area (Å²) in [6.45, 7) is 5.77. The van der Waals surface area contributed by atoms with E-state index in [1.54, 1.807) is 6.07 Å². The molecular weight excluding hydrogens is 402 g/mol. The number of rotatable bonds is 3. The summed E-state index contributed by atoms with van der Waals surface area (Å²) in [7, 11) is 0. The quantitative estimate of drug-likeness (QED) is 0.709. The van der Waals surface area contributed by atoms with Crippen LogP contribution in [0.5, 0.6) is 5.75 Å². The van der Waals surface area contributed by atoms with Crippen LogP contribution in [-0.2, 0) is 0 Å². The molecule has 88 valence electrons. The Bertz CT molecular complexity index is 432. The van der Waals surface area contributed by atoms with Crippen LogP contribution in [-0.4, -0.2) is 5.11 Å². The summed E-state index contributed by atoms with van der Waals surface area (Å²) in [5.74, 6) is 0.162. The number of benzene rings is 1. The van der Waals surface area contributed by atoms with Gasteiger partial charge in [0.25, 0.3) is 0 Å². The molecular formula is C11H12Br3NO. The first-order valence-corrected chi connectivity index (χ1v) is 6.98. The van der Waals surface area contributed by atoms with Gasteiger partial charge < -0.3 is 10.8 Å². The van der Waals surface area contributed by atoms with Crippen molar-refractivity contribution in [3.8, 4) is 5.75 Å². The van der Waals surface area contributed by atoms with E-state index in [0.29, 0.717) is 15.4 Å². The molecule has 0 amide bonds. The third kappa shape index (κ3) is 3.09. The van der Waals surface area contributed by atoms with Gasteiger partial charge in [0.2, 0.25) is 0 Å². The van der Waals surface area contributed by atoms with E-state index in [4.69, 9.17) is 5.73 Å². The van der Waals surface area contributed by atoms with Gasteiger partial charge in [-0.3, -0.25) is 0 Å². The van der Waals surface area contributed by atoms with Gasteiger partial charge in [0, 0.05) is 16.1 Å². The first kappa shape index (κ1) is 14.2. The minimum atomic E-state index is -0.194. The zero-order valence-corrected chi connectivity index (χ0v) is 13.5. The Morgan fingerprint density at radius 3 is 2.50 bits per heavy atom. The molecule has 1 aromatic rings. The predicted molar refractivity (Wildman–Crippen MR) is 77.6 cm³/mol. The SMILES string of the molecule is C=C(C)C[C@H](N)c1c(Br)cc(Br)c(O)c1Br. The Labute approximate surface area is 120 Å². The number of halogens is 3. The van der Waals surface area contributed by atoms with Gasteiger partial charge in [-0.25, -0.2) is 0 Å². The van der Waals surface area contributed by atoms with Crippen LogP contribution in [0.25, 0.3) is 0 Å². The van der Waals surface area contributed by atoms with Gasteiger partial charge in [-0.15, -0.1) is 6.58 Å². The standard InChI is InChI=1S/C11H12Br3NO/c1-5(2)3-8(15)9-6(12)4-7(13)11(16)10(9)14/h4,8,16H,1,3,15H2,2H3/t8-/m0/s1. The molecule has 1 rings (SSSR count). The maximum Gasteiger partial charge on any atom is 0.144 e. The van der Waals surface area contributed by atoms with E-state index in [1.807, 2.05) is 6.92 Å². The lowest BCUT2D eigenvalue weighted by atomic mass is 10.0. The van der Waals surface area contributed by atoms with Crippen molar-refractivity contribution in [3.63, 3.8) is 0 Å². The summed E-state index contributed by atoms with van der Waals surface area (Å²) in [5.41, 5.74) is 7.93. The summed E-state index contributed by atoms with van der Waals surface area (Å²) in [4.78, 5) is 0. The molecule has 0 radical (unpaired) electrons. The fourth-order valence-corrected chi connectivity index (χ4v) is 4.12. The van der Waals surface area contributed by atoms with Crippen LogP contribution < -0.4 is 5.73 Å². The Kier molecular flexibility index (Phi) is 5.04. The van der Waals surface area contributed by atoms with E-state index in [2.05, 4.69) is 54.4 Å². The van der Waals surface area contributed by atoms with E-state index in [1.165, 1.54) is 0 Å². The van der Waals surface area contributed by atoms with Gasteiger partial charge in [-0.1, -0.05) is 21.5 Å².